The molecule has 2 heterocycles. The summed E-state index contributed by atoms with van der Waals surface area (Å²) >= 11 is 6.12. The predicted octanol–water partition coefficient (Wildman–Crippen LogP) is 4.49. The molecule has 1 aliphatic heterocycles. The number of rotatable bonds is 2. The Morgan fingerprint density at radius 2 is 1.96 bits per heavy atom. The third-order valence-electron chi connectivity index (χ3n) is 4.24. The van der Waals surface area contributed by atoms with E-state index in [4.69, 9.17) is 11.6 Å². The lowest BCUT2D eigenvalue weighted by Gasteiger charge is -2.14. The summed E-state index contributed by atoms with van der Waals surface area (Å²) in [4.78, 5) is 11.2. The normalized spacial score (nSPS) is 12.8. The van der Waals surface area contributed by atoms with E-state index >= 15 is 0 Å². The number of carboxylic acid groups (broad SMARTS) is 1. The number of aromatic nitrogens is 2. The van der Waals surface area contributed by atoms with E-state index in [0.29, 0.717) is 34.0 Å². The summed E-state index contributed by atoms with van der Waals surface area (Å²) in [5.74, 6) is -3.03. The van der Waals surface area contributed by atoms with Crippen LogP contribution in [0.2, 0.25) is 5.02 Å². The molecule has 0 amide bonds. The van der Waals surface area contributed by atoms with Gasteiger partial charge < -0.3 is 5.11 Å². The predicted molar refractivity (Wildman–Crippen MR) is 92.7 cm³/mol. The van der Waals surface area contributed by atoms with Crippen LogP contribution in [0.3, 0.4) is 0 Å². The first-order valence-corrected chi connectivity index (χ1v) is 8.10. The van der Waals surface area contributed by atoms with Crippen LogP contribution in [0.15, 0.2) is 48.5 Å². The number of benzene rings is 2. The molecule has 4 nitrogen and oxygen atoms in total. The van der Waals surface area contributed by atoms with Crippen LogP contribution in [0.1, 0.15) is 27.3 Å². The fourth-order valence-corrected chi connectivity index (χ4v) is 3.24. The molecule has 0 spiro atoms. The number of hydrogen-bond acceptors (Lipinski definition) is 2. The van der Waals surface area contributed by atoms with Crippen LogP contribution in [0.25, 0.3) is 11.3 Å². The summed E-state index contributed by atoms with van der Waals surface area (Å²) in [6, 6.07) is 10.4. The molecule has 0 fully saturated rings. The van der Waals surface area contributed by atoms with Crippen LogP contribution in [0.5, 0.6) is 0 Å². The van der Waals surface area contributed by atoms with Crippen LogP contribution < -0.4 is 0 Å². The molecular formula is C19H11ClF2N2O2. The Morgan fingerprint density at radius 1 is 1.15 bits per heavy atom. The highest BCUT2D eigenvalue weighted by Crippen LogP contribution is 2.35. The molecule has 0 unspecified atom stereocenters. The van der Waals surface area contributed by atoms with Gasteiger partial charge in [0.25, 0.3) is 0 Å². The van der Waals surface area contributed by atoms with Gasteiger partial charge in [-0.05, 0) is 35.9 Å². The molecule has 0 atom stereocenters. The lowest BCUT2D eigenvalue weighted by atomic mass is 9.95. The van der Waals surface area contributed by atoms with Crippen LogP contribution in [-0.4, -0.2) is 20.9 Å². The van der Waals surface area contributed by atoms with E-state index < -0.39 is 17.6 Å². The number of carboxylic acids is 1. The first-order chi connectivity index (χ1) is 12.5. The highest BCUT2D eigenvalue weighted by atomic mass is 35.5. The van der Waals surface area contributed by atoms with Crippen molar-refractivity contribution >= 4 is 23.1 Å². The third-order valence-corrected chi connectivity index (χ3v) is 4.47. The number of allylic oxidation sites excluding steroid dienone is 1. The maximum atomic E-state index is 14.4. The Labute approximate surface area is 152 Å². The van der Waals surface area contributed by atoms with Crippen molar-refractivity contribution in [3.63, 3.8) is 0 Å². The van der Waals surface area contributed by atoms with Crippen LogP contribution in [0.4, 0.5) is 8.78 Å². The summed E-state index contributed by atoms with van der Waals surface area (Å²) in [5.41, 5.74) is 2.21. The van der Waals surface area contributed by atoms with Gasteiger partial charge in [0.2, 0.25) is 0 Å². The van der Waals surface area contributed by atoms with Gasteiger partial charge in [0, 0.05) is 28.3 Å². The van der Waals surface area contributed by atoms with E-state index in [2.05, 4.69) is 5.10 Å². The van der Waals surface area contributed by atoms with E-state index in [9.17, 15) is 18.7 Å². The number of hydrogen-bond donors (Lipinski definition) is 1. The van der Waals surface area contributed by atoms with Gasteiger partial charge in [-0.15, -0.1) is 0 Å². The summed E-state index contributed by atoms with van der Waals surface area (Å²) in [6.45, 7) is 0. The van der Waals surface area contributed by atoms with E-state index in [0.717, 1.165) is 6.07 Å². The summed E-state index contributed by atoms with van der Waals surface area (Å²) in [7, 11) is 0. The molecule has 3 aromatic rings. The number of carbonyl (C=O) groups is 1. The molecule has 0 saturated carbocycles. The van der Waals surface area contributed by atoms with Gasteiger partial charge in [0.05, 0.1) is 5.69 Å². The standard InChI is InChI=1S/C19H11ClF2N2O2/c20-10-4-7-17-14(8-10)12(13-2-1-3-15(21)18(13)22)6-5-11-9-16(19(25)26)23-24(11)17/h1-4,6-9H,5H2,(H,25,26). The molecule has 0 bridgehead atoms. The van der Waals surface area contributed by atoms with Gasteiger partial charge >= 0.3 is 5.97 Å². The number of fused-ring (bicyclic) bond motifs is 3. The zero-order chi connectivity index (χ0) is 18.4. The van der Waals surface area contributed by atoms with Crippen LogP contribution >= 0.6 is 11.6 Å². The van der Waals surface area contributed by atoms with Crippen molar-refractivity contribution in [1.29, 1.82) is 0 Å². The lowest BCUT2D eigenvalue weighted by molar-refractivity contribution is 0.0690. The Hall–Kier alpha value is -2.99. The van der Waals surface area contributed by atoms with Gasteiger partial charge in [-0.2, -0.15) is 5.10 Å². The highest BCUT2D eigenvalue weighted by molar-refractivity contribution is 6.30. The van der Waals surface area contributed by atoms with Crippen LogP contribution in [0, 0.1) is 11.6 Å². The quantitative estimate of drug-likeness (QED) is 0.721. The van der Waals surface area contributed by atoms with Crippen molar-refractivity contribution in [1.82, 2.24) is 9.78 Å². The Kier molecular flexibility index (Phi) is 3.85. The first-order valence-electron chi connectivity index (χ1n) is 7.73. The number of nitrogens with zero attached hydrogens (tertiary/aromatic N) is 2. The molecule has 0 aliphatic carbocycles. The molecule has 4 rings (SSSR count). The molecule has 0 saturated heterocycles. The molecule has 1 N–H and O–H groups in total. The Balaban J connectivity index is 1.98. The van der Waals surface area contributed by atoms with Crippen LogP contribution in [-0.2, 0) is 6.42 Å². The molecule has 26 heavy (non-hydrogen) atoms. The minimum atomic E-state index is -1.14. The molecule has 130 valence electrons. The smallest absolute Gasteiger partial charge is 0.356 e. The molecular weight excluding hydrogens is 362 g/mol. The lowest BCUT2D eigenvalue weighted by Crippen LogP contribution is -2.05. The summed E-state index contributed by atoms with van der Waals surface area (Å²) in [6.07, 6.45) is 2.02. The summed E-state index contributed by atoms with van der Waals surface area (Å²) in [5, 5.41) is 13.7. The van der Waals surface area contributed by atoms with E-state index in [1.807, 2.05) is 0 Å². The van der Waals surface area contributed by atoms with Gasteiger partial charge in [-0.1, -0.05) is 29.8 Å². The van der Waals surface area contributed by atoms with E-state index in [1.165, 1.54) is 22.9 Å². The largest absolute Gasteiger partial charge is 0.476 e. The average molecular weight is 373 g/mol. The van der Waals surface area contributed by atoms with Gasteiger partial charge in [0.15, 0.2) is 17.3 Å². The molecule has 0 radical (unpaired) electrons. The topological polar surface area (TPSA) is 55.1 Å². The molecule has 7 heteroatoms. The molecule has 2 aromatic carbocycles. The zero-order valence-corrected chi connectivity index (χ0v) is 14.0. The van der Waals surface area contributed by atoms with Gasteiger partial charge in [-0.3, -0.25) is 0 Å². The monoisotopic (exact) mass is 372 g/mol. The van der Waals surface area contributed by atoms with E-state index in [-0.39, 0.29) is 11.3 Å². The first kappa shape index (κ1) is 16.5. The maximum absolute atomic E-state index is 14.4. The maximum Gasteiger partial charge on any atom is 0.356 e. The zero-order valence-electron chi connectivity index (χ0n) is 13.2. The van der Waals surface area contributed by atoms with Crippen molar-refractivity contribution in [2.45, 2.75) is 6.42 Å². The number of aromatic carboxylic acids is 1. The van der Waals surface area contributed by atoms with Crippen molar-refractivity contribution < 1.29 is 18.7 Å². The second-order valence-corrected chi connectivity index (χ2v) is 6.26. The van der Waals surface area contributed by atoms with Crippen molar-refractivity contribution in [3.8, 4) is 5.69 Å². The van der Waals surface area contributed by atoms with Crippen molar-refractivity contribution in [3.05, 3.63) is 87.7 Å². The second kappa shape index (κ2) is 6.07. The Bertz CT molecular complexity index is 1090. The van der Waals surface area contributed by atoms with E-state index in [1.54, 1.807) is 24.3 Å². The minimum absolute atomic E-state index is 0.0883. The van der Waals surface area contributed by atoms with Crippen molar-refractivity contribution in [2.24, 2.45) is 0 Å². The fourth-order valence-electron chi connectivity index (χ4n) is 3.07. The molecule has 1 aromatic heterocycles. The third kappa shape index (κ3) is 2.59. The van der Waals surface area contributed by atoms with Gasteiger partial charge in [0.1, 0.15) is 0 Å². The van der Waals surface area contributed by atoms with Crippen molar-refractivity contribution in [2.75, 3.05) is 0 Å². The number of halogens is 3. The average Bonchev–Trinajstić information content (AvgIpc) is 2.97. The fraction of sp³-hybridized carbons (Fsp3) is 0.0526. The highest BCUT2D eigenvalue weighted by Gasteiger charge is 2.23. The SMILES string of the molecule is O=C(O)c1cc2n(n1)-c1ccc(Cl)cc1C(c1cccc(F)c1F)=CC2. The summed E-state index contributed by atoms with van der Waals surface area (Å²) < 4.78 is 29.6. The second-order valence-electron chi connectivity index (χ2n) is 5.82. The Morgan fingerprint density at radius 3 is 2.73 bits per heavy atom. The molecule has 1 aliphatic rings. The minimum Gasteiger partial charge on any atom is -0.476 e. The van der Waals surface area contributed by atoms with Gasteiger partial charge in [-0.25, -0.2) is 18.3 Å².